The minimum Gasteiger partial charge on any atom is -0.351 e. The van der Waals surface area contributed by atoms with E-state index in [4.69, 9.17) is 10.5 Å². The van der Waals surface area contributed by atoms with E-state index in [1.165, 1.54) is 0 Å². The number of hydrogen-bond donors (Lipinski definition) is 2. The second-order valence-corrected chi connectivity index (χ2v) is 4.98. The predicted octanol–water partition coefficient (Wildman–Crippen LogP) is 1.41. The number of amides is 1. The van der Waals surface area contributed by atoms with Gasteiger partial charge >= 0.3 is 0 Å². The summed E-state index contributed by atoms with van der Waals surface area (Å²) in [7, 11) is 0. The van der Waals surface area contributed by atoms with E-state index >= 15 is 0 Å². The third kappa shape index (κ3) is 2.32. The van der Waals surface area contributed by atoms with Gasteiger partial charge in [-0.05, 0) is 37.1 Å². The number of hydrogen-bond acceptors (Lipinski definition) is 5. The van der Waals surface area contributed by atoms with Gasteiger partial charge in [-0.2, -0.15) is 15.6 Å². The molecule has 20 heavy (non-hydrogen) atoms. The number of carbonyl (C=O) groups excluding carboxylic acids is 1. The molecule has 1 amide bonds. The average Bonchev–Trinajstić information content (AvgIpc) is 2.44. The van der Waals surface area contributed by atoms with Crippen LogP contribution in [0.15, 0.2) is 23.3 Å². The summed E-state index contributed by atoms with van der Waals surface area (Å²) < 4.78 is 0. The Labute approximate surface area is 116 Å². The van der Waals surface area contributed by atoms with Crippen molar-refractivity contribution in [2.75, 3.05) is 5.43 Å². The Balaban J connectivity index is 2.31. The second kappa shape index (κ2) is 5.02. The van der Waals surface area contributed by atoms with Crippen LogP contribution in [-0.4, -0.2) is 11.6 Å². The maximum absolute atomic E-state index is 11.8. The number of fused-ring (bicyclic) bond motifs is 1. The van der Waals surface area contributed by atoms with Crippen molar-refractivity contribution in [3.63, 3.8) is 0 Å². The van der Waals surface area contributed by atoms with E-state index in [2.05, 4.69) is 15.8 Å². The Morgan fingerprint density at radius 2 is 2.10 bits per heavy atom. The van der Waals surface area contributed by atoms with Gasteiger partial charge in [-0.25, -0.2) is 0 Å². The van der Waals surface area contributed by atoms with Crippen LogP contribution in [0.4, 0.5) is 5.69 Å². The van der Waals surface area contributed by atoms with Gasteiger partial charge in [0.2, 0.25) is 11.6 Å². The van der Waals surface area contributed by atoms with Crippen LogP contribution in [0.3, 0.4) is 0 Å². The summed E-state index contributed by atoms with van der Waals surface area (Å²) in [4.78, 5) is 11.8. The lowest BCUT2D eigenvalue weighted by Crippen LogP contribution is -2.44. The maximum atomic E-state index is 11.8. The van der Waals surface area contributed by atoms with Crippen molar-refractivity contribution >= 4 is 17.3 Å². The summed E-state index contributed by atoms with van der Waals surface area (Å²) in [5.41, 5.74) is 4.48. The molecule has 1 aliphatic heterocycles. The molecule has 0 aromatic heterocycles. The van der Waals surface area contributed by atoms with Crippen molar-refractivity contribution in [3.8, 4) is 12.1 Å². The summed E-state index contributed by atoms with van der Waals surface area (Å²) in [5, 5.41) is 23.7. The first-order valence-corrected chi connectivity index (χ1v) is 6.04. The predicted molar refractivity (Wildman–Crippen MR) is 73.6 cm³/mol. The summed E-state index contributed by atoms with van der Waals surface area (Å²) >= 11 is 0. The van der Waals surface area contributed by atoms with Gasteiger partial charge in [0.15, 0.2) is 0 Å². The van der Waals surface area contributed by atoms with E-state index in [0.29, 0.717) is 12.2 Å². The number of hydrazone groups is 1. The molecule has 0 saturated carbocycles. The van der Waals surface area contributed by atoms with E-state index in [-0.39, 0.29) is 11.6 Å². The minimum atomic E-state index is -0.570. The molecule has 0 unspecified atom stereocenters. The average molecular weight is 267 g/mol. The van der Waals surface area contributed by atoms with Gasteiger partial charge in [0.05, 0.1) is 11.1 Å². The molecule has 1 aromatic rings. The third-order valence-electron chi connectivity index (χ3n) is 3.29. The van der Waals surface area contributed by atoms with Crippen LogP contribution in [0.5, 0.6) is 0 Å². The number of nitrogens with zero attached hydrogens (tertiary/aromatic N) is 3. The molecule has 100 valence electrons. The van der Waals surface area contributed by atoms with Gasteiger partial charge in [-0.3, -0.25) is 10.2 Å². The minimum absolute atomic E-state index is 0.0000210. The molecule has 0 bridgehead atoms. The molecule has 1 aliphatic rings. The van der Waals surface area contributed by atoms with E-state index in [1.807, 2.05) is 26.0 Å². The van der Waals surface area contributed by atoms with E-state index in [0.717, 1.165) is 11.1 Å². The molecule has 6 heteroatoms. The van der Waals surface area contributed by atoms with Gasteiger partial charge in [-0.15, -0.1) is 0 Å². The van der Waals surface area contributed by atoms with Crippen molar-refractivity contribution in [1.82, 2.24) is 5.32 Å². The van der Waals surface area contributed by atoms with Crippen molar-refractivity contribution in [1.29, 1.82) is 10.5 Å². The maximum Gasteiger partial charge on any atom is 0.237 e. The molecule has 0 spiro atoms. The topological polar surface area (TPSA) is 101 Å². The number of nitrogens with one attached hydrogen (secondary N) is 2. The Hall–Kier alpha value is -2.86. The first-order chi connectivity index (χ1) is 9.48. The summed E-state index contributed by atoms with van der Waals surface area (Å²) in [6.45, 7) is 4.20. The van der Waals surface area contributed by atoms with Crippen LogP contribution in [0, 0.1) is 22.7 Å². The number of carbonyl (C=O) groups is 1. The van der Waals surface area contributed by atoms with Crippen molar-refractivity contribution < 1.29 is 4.79 Å². The fourth-order valence-electron chi connectivity index (χ4n) is 2.13. The van der Waals surface area contributed by atoms with Crippen molar-refractivity contribution in [2.45, 2.75) is 25.8 Å². The molecule has 0 atom stereocenters. The highest BCUT2D eigenvalue weighted by molar-refractivity contribution is 6.10. The quantitative estimate of drug-likeness (QED) is 0.624. The fourth-order valence-corrected chi connectivity index (χ4v) is 2.13. The molecule has 0 fully saturated rings. The first kappa shape index (κ1) is 13.6. The number of rotatable bonds is 2. The highest BCUT2D eigenvalue weighted by Crippen LogP contribution is 2.32. The zero-order valence-corrected chi connectivity index (χ0v) is 11.2. The number of nitriles is 2. The van der Waals surface area contributed by atoms with Gasteiger partial charge in [0.1, 0.15) is 12.1 Å². The lowest BCUT2D eigenvalue weighted by molar-refractivity contribution is -0.126. The number of benzene rings is 1. The Kier molecular flexibility index (Phi) is 3.41. The van der Waals surface area contributed by atoms with Gasteiger partial charge in [-0.1, -0.05) is 6.07 Å². The summed E-state index contributed by atoms with van der Waals surface area (Å²) in [5.74, 6) is -0.0000210. The molecular formula is C14H13N5O. The van der Waals surface area contributed by atoms with E-state index in [9.17, 15) is 4.79 Å². The second-order valence-electron chi connectivity index (χ2n) is 4.98. The third-order valence-corrected chi connectivity index (χ3v) is 3.29. The van der Waals surface area contributed by atoms with Crippen LogP contribution < -0.4 is 10.7 Å². The van der Waals surface area contributed by atoms with Crippen LogP contribution in [0.1, 0.15) is 25.0 Å². The first-order valence-electron chi connectivity index (χ1n) is 6.04. The summed E-state index contributed by atoms with van der Waals surface area (Å²) in [6, 6.07) is 8.84. The van der Waals surface area contributed by atoms with Crippen molar-refractivity contribution in [2.24, 2.45) is 5.10 Å². The standard InChI is InChI=1S/C14H13N5O/c1-14(2)12-4-3-10(18-19-11(6-15)7-16)5-9(12)8-17-13(14)20/h3-5,18H,8H2,1-2H3,(H,17,20). The lowest BCUT2D eigenvalue weighted by Gasteiger charge is -2.31. The van der Waals surface area contributed by atoms with Gasteiger partial charge in [0.25, 0.3) is 0 Å². The van der Waals surface area contributed by atoms with Gasteiger partial charge in [0, 0.05) is 6.54 Å². The lowest BCUT2D eigenvalue weighted by atomic mass is 9.78. The zero-order chi connectivity index (χ0) is 14.8. The summed E-state index contributed by atoms with van der Waals surface area (Å²) in [6.07, 6.45) is 0. The molecule has 2 rings (SSSR count). The van der Waals surface area contributed by atoms with E-state index < -0.39 is 5.41 Å². The normalized spacial score (nSPS) is 15.1. The van der Waals surface area contributed by atoms with Crippen molar-refractivity contribution in [3.05, 3.63) is 29.3 Å². The van der Waals surface area contributed by atoms with Crippen LogP contribution in [0.25, 0.3) is 0 Å². The molecule has 2 N–H and O–H groups in total. The highest BCUT2D eigenvalue weighted by Gasteiger charge is 2.35. The van der Waals surface area contributed by atoms with Crippen LogP contribution in [0.2, 0.25) is 0 Å². The van der Waals surface area contributed by atoms with Gasteiger partial charge < -0.3 is 5.32 Å². The fraction of sp³-hybridized carbons (Fsp3) is 0.286. The Morgan fingerprint density at radius 1 is 1.40 bits per heavy atom. The molecule has 0 saturated heterocycles. The smallest absolute Gasteiger partial charge is 0.237 e. The molecule has 1 heterocycles. The molecular weight excluding hydrogens is 254 g/mol. The highest BCUT2D eigenvalue weighted by atomic mass is 16.2. The van der Waals surface area contributed by atoms with E-state index in [1.54, 1.807) is 18.2 Å². The van der Waals surface area contributed by atoms with Crippen LogP contribution in [-0.2, 0) is 16.8 Å². The monoisotopic (exact) mass is 267 g/mol. The Bertz CT molecular complexity index is 660. The largest absolute Gasteiger partial charge is 0.351 e. The number of anilines is 1. The zero-order valence-electron chi connectivity index (χ0n) is 11.2. The SMILES string of the molecule is CC1(C)C(=O)NCc2cc(NN=C(C#N)C#N)ccc21. The molecule has 0 radical (unpaired) electrons. The molecule has 6 nitrogen and oxygen atoms in total. The molecule has 0 aliphatic carbocycles. The molecule has 1 aromatic carbocycles. The van der Waals surface area contributed by atoms with Crippen LogP contribution >= 0.6 is 0 Å². The Morgan fingerprint density at radius 3 is 2.75 bits per heavy atom.